The summed E-state index contributed by atoms with van der Waals surface area (Å²) in [5.41, 5.74) is 0.468. The molecule has 1 rings (SSSR count). The minimum Gasteiger partial charge on any atom is -0.493 e. The summed E-state index contributed by atoms with van der Waals surface area (Å²) < 4.78 is 35.4. The van der Waals surface area contributed by atoms with Crippen LogP contribution in [0.4, 0.5) is 8.78 Å². The number of alkyl halides is 2. The fraction of sp³-hybridized carbons (Fsp3) is 0.455. The molecule has 0 saturated heterocycles. The normalized spacial score (nSPS) is 12.6. The summed E-state index contributed by atoms with van der Waals surface area (Å²) in [6, 6.07) is 3.75. The number of rotatable bonds is 5. The van der Waals surface area contributed by atoms with Crippen LogP contribution in [0.1, 0.15) is 11.6 Å². The van der Waals surface area contributed by atoms with Crippen molar-refractivity contribution >= 4 is 0 Å². The maximum atomic E-state index is 12.7. The summed E-state index contributed by atoms with van der Waals surface area (Å²) in [7, 11) is 4.46. The summed E-state index contributed by atoms with van der Waals surface area (Å²) in [5, 5.41) is 2.56. The molecule has 1 aromatic rings. The maximum Gasteiger partial charge on any atom is 0.257 e. The van der Waals surface area contributed by atoms with Crippen molar-refractivity contribution in [2.75, 3.05) is 21.3 Å². The lowest BCUT2D eigenvalue weighted by Crippen LogP contribution is -2.23. The van der Waals surface area contributed by atoms with E-state index in [-0.39, 0.29) is 0 Å². The molecule has 1 unspecified atom stereocenters. The lowest BCUT2D eigenvalue weighted by molar-refractivity contribution is 0.102. The van der Waals surface area contributed by atoms with Crippen LogP contribution in [0.15, 0.2) is 18.2 Å². The molecule has 0 aromatic heterocycles. The SMILES string of the molecule is CNC(c1ccc(OC)c(OC)c1)C(F)F. The predicted octanol–water partition coefficient (Wildman–Crippen LogP) is 2.23. The molecule has 0 aliphatic carbocycles. The Kier molecular flexibility index (Phi) is 4.49. The summed E-state index contributed by atoms with van der Waals surface area (Å²) >= 11 is 0. The fourth-order valence-electron chi connectivity index (χ4n) is 1.48. The van der Waals surface area contributed by atoms with Crippen molar-refractivity contribution in [1.82, 2.24) is 5.32 Å². The number of nitrogens with one attached hydrogen (secondary N) is 1. The second kappa shape index (κ2) is 5.65. The van der Waals surface area contributed by atoms with Crippen LogP contribution in [0.2, 0.25) is 0 Å². The molecule has 16 heavy (non-hydrogen) atoms. The average Bonchev–Trinajstić information content (AvgIpc) is 2.29. The van der Waals surface area contributed by atoms with E-state index in [1.54, 1.807) is 18.2 Å². The molecule has 0 saturated carbocycles. The van der Waals surface area contributed by atoms with Gasteiger partial charge in [0.15, 0.2) is 11.5 Å². The van der Waals surface area contributed by atoms with Crippen LogP contribution in [0.3, 0.4) is 0 Å². The molecule has 0 spiro atoms. The first kappa shape index (κ1) is 12.7. The van der Waals surface area contributed by atoms with Crippen molar-refractivity contribution in [3.05, 3.63) is 23.8 Å². The largest absolute Gasteiger partial charge is 0.493 e. The van der Waals surface area contributed by atoms with E-state index >= 15 is 0 Å². The highest BCUT2D eigenvalue weighted by molar-refractivity contribution is 5.43. The zero-order chi connectivity index (χ0) is 12.1. The van der Waals surface area contributed by atoms with Crippen molar-refractivity contribution in [1.29, 1.82) is 0 Å². The van der Waals surface area contributed by atoms with E-state index in [0.717, 1.165) is 0 Å². The molecule has 0 aliphatic rings. The molecule has 0 amide bonds. The van der Waals surface area contributed by atoms with Gasteiger partial charge in [-0.3, -0.25) is 0 Å². The molecule has 0 bridgehead atoms. The third-order valence-corrected chi connectivity index (χ3v) is 2.33. The number of hydrogen-bond acceptors (Lipinski definition) is 3. The molecule has 0 fully saturated rings. The quantitative estimate of drug-likeness (QED) is 0.843. The molecule has 90 valence electrons. The van der Waals surface area contributed by atoms with Gasteiger partial charge < -0.3 is 14.8 Å². The number of methoxy groups -OCH3 is 2. The molecule has 0 heterocycles. The van der Waals surface area contributed by atoms with Crippen molar-refractivity contribution < 1.29 is 18.3 Å². The van der Waals surface area contributed by atoms with Gasteiger partial charge in [-0.1, -0.05) is 6.07 Å². The molecular formula is C11H15F2NO2. The van der Waals surface area contributed by atoms with E-state index in [2.05, 4.69) is 5.32 Å². The highest BCUT2D eigenvalue weighted by Gasteiger charge is 2.21. The second-order valence-electron chi connectivity index (χ2n) is 3.22. The summed E-state index contributed by atoms with van der Waals surface area (Å²) in [6.45, 7) is 0. The van der Waals surface area contributed by atoms with Crippen LogP contribution in [0.5, 0.6) is 11.5 Å². The van der Waals surface area contributed by atoms with E-state index in [4.69, 9.17) is 9.47 Å². The predicted molar refractivity (Wildman–Crippen MR) is 57.4 cm³/mol. The van der Waals surface area contributed by atoms with E-state index in [1.165, 1.54) is 21.3 Å². The second-order valence-corrected chi connectivity index (χ2v) is 3.22. The van der Waals surface area contributed by atoms with Gasteiger partial charge >= 0.3 is 0 Å². The van der Waals surface area contributed by atoms with Crippen LogP contribution < -0.4 is 14.8 Å². The minimum atomic E-state index is -2.47. The van der Waals surface area contributed by atoms with Crippen molar-refractivity contribution in [3.63, 3.8) is 0 Å². The van der Waals surface area contributed by atoms with Crippen molar-refractivity contribution in [3.8, 4) is 11.5 Å². The van der Waals surface area contributed by atoms with E-state index < -0.39 is 12.5 Å². The Hall–Kier alpha value is -1.36. The fourth-order valence-corrected chi connectivity index (χ4v) is 1.48. The lowest BCUT2D eigenvalue weighted by Gasteiger charge is -2.17. The van der Waals surface area contributed by atoms with Gasteiger partial charge in [-0.05, 0) is 24.7 Å². The monoisotopic (exact) mass is 231 g/mol. The summed E-state index contributed by atoms with van der Waals surface area (Å²) in [6.07, 6.45) is -2.47. The highest BCUT2D eigenvalue weighted by Crippen LogP contribution is 2.31. The Bertz CT molecular complexity index is 345. The van der Waals surface area contributed by atoms with Crippen LogP contribution in [-0.2, 0) is 0 Å². The molecule has 1 aromatic carbocycles. The molecule has 0 aliphatic heterocycles. The number of halogens is 2. The van der Waals surface area contributed by atoms with Gasteiger partial charge in [0, 0.05) is 0 Å². The van der Waals surface area contributed by atoms with E-state index in [9.17, 15) is 8.78 Å². The molecule has 1 N–H and O–H groups in total. The van der Waals surface area contributed by atoms with Gasteiger partial charge in [-0.25, -0.2) is 8.78 Å². The van der Waals surface area contributed by atoms with Crippen LogP contribution in [0, 0.1) is 0 Å². The average molecular weight is 231 g/mol. The lowest BCUT2D eigenvalue weighted by atomic mass is 10.1. The molecule has 0 radical (unpaired) electrons. The minimum absolute atomic E-state index is 0.445. The van der Waals surface area contributed by atoms with E-state index in [1.807, 2.05) is 0 Å². The van der Waals surface area contributed by atoms with Crippen LogP contribution >= 0.6 is 0 Å². The molecular weight excluding hydrogens is 216 g/mol. The number of benzene rings is 1. The van der Waals surface area contributed by atoms with Gasteiger partial charge in [-0.15, -0.1) is 0 Å². The molecule has 5 heteroatoms. The molecule has 1 atom stereocenters. The summed E-state index contributed by atoms with van der Waals surface area (Å²) in [4.78, 5) is 0. The highest BCUT2D eigenvalue weighted by atomic mass is 19.3. The van der Waals surface area contributed by atoms with Crippen LogP contribution in [-0.4, -0.2) is 27.7 Å². The Labute approximate surface area is 93.4 Å². The smallest absolute Gasteiger partial charge is 0.257 e. The first-order chi connectivity index (χ1) is 7.63. The third-order valence-electron chi connectivity index (χ3n) is 2.33. The first-order valence-electron chi connectivity index (χ1n) is 4.81. The molecule has 3 nitrogen and oxygen atoms in total. The standard InChI is InChI=1S/C11H15F2NO2/c1-14-10(11(12)13)7-4-5-8(15-2)9(6-7)16-3/h4-6,10-11,14H,1-3H3. The summed E-state index contributed by atoms with van der Waals surface area (Å²) in [5.74, 6) is 0.969. The zero-order valence-electron chi connectivity index (χ0n) is 9.46. The zero-order valence-corrected chi connectivity index (χ0v) is 9.46. The Morgan fingerprint density at radius 2 is 1.75 bits per heavy atom. The Morgan fingerprint density at radius 3 is 2.19 bits per heavy atom. The van der Waals surface area contributed by atoms with Gasteiger partial charge in [0.25, 0.3) is 6.43 Å². The Morgan fingerprint density at radius 1 is 1.12 bits per heavy atom. The first-order valence-corrected chi connectivity index (χ1v) is 4.81. The number of hydrogen-bond donors (Lipinski definition) is 1. The Balaban J connectivity index is 3.06. The third kappa shape index (κ3) is 2.61. The van der Waals surface area contributed by atoms with Crippen LogP contribution in [0.25, 0.3) is 0 Å². The number of ether oxygens (including phenoxy) is 2. The van der Waals surface area contributed by atoms with Crippen molar-refractivity contribution in [2.45, 2.75) is 12.5 Å². The van der Waals surface area contributed by atoms with Gasteiger partial charge in [0.1, 0.15) is 0 Å². The van der Waals surface area contributed by atoms with Gasteiger partial charge in [0.05, 0.1) is 20.3 Å². The maximum absolute atomic E-state index is 12.7. The van der Waals surface area contributed by atoms with Crippen molar-refractivity contribution in [2.24, 2.45) is 0 Å². The van der Waals surface area contributed by atoms with Gasteiger partial charge in [0.2, 0.25) is 0 Å². The van der Waals surface area contributed by atoms with Gasteiger partial charge in [-0.2, -0.15) is 0 Å². The topological polar surface area (TPSA) is 30.5 Å². The van der Waals surface area contributed by atoms with E-state index in [0.29, 0.717) is 17.1 Å².